The molecule has 0 unspecified atom stereocenters. The lowest BCUT2D eigenvalue weighted by Gasteiger charge is -2.07. The van der Waals surface area contributed by atoms with Crippen molar-refractivity contribution in [2.24, 2.45) is 0 Å². The van der Waals surface area contributed by atoms with E-state index in [4.69, 9.17) is 5.73 Å². The van der Waals surface area contributed by atoms with Gasteiger partial charge in [-0.2, -0.15) is 4.98 Å². The minimum atomic E-state index is -3.96. The molecule has 3 N–H and O–H groups in total. The molecule has 0 bridgehead atoms. The van der Waals surface area contributed by atoms with Crippen LogP contribution in [-0.2, 0) is 16.4 Å². The Kier molecular flexibility index (Phi) is 3.76. The van der Waals surface area contributed by atoms with Crippen LogP contribution in [0.2, 0.25) is 0 Å². The van der Waals surface area contributed by atoms with Gasteiger partial charge in [-0.15, -0.1) is 0 Å². The average molecular weight is 286 g/mol. The summed E-state index contributed by atoms with van der Waals surface area (Å²) < 4.78 is 43.9. The summed E-state index contributed by atoms with van der Waals surface area (Å²) >= 11 is 0. The van der Waals surface area contributed by atoms with E-state index < -0.39 is 20.7 Å². The highest BCUT2D eigenvalue weighted by Gasteiger charge is 2.19. The van der Waals surface area contributed by atoms with Gasteiger partial charge in [-0.05, 0) is 18.2 Å². The van der Waals surface area contributed by atoms with Gasteiger partial charge >= 0.3 is 0 Å². The van der Waals surface area contributed by atoms with Crippen molar-refractivity contribution in [2.45, 2.75) is 11.3 Å². The summed E-state index contributed by atoms with van der Waals surface area (Å²) in [6, 6.07) is 3.35. The molecular formula is C10H11FN4O3S. The molecule has 2 rings (SSSR count). The molecule has 0 amide bonds. The van der Waals surface area contributed by atoms with Crippen molar-refractivity contribution in [1.82, 2.24) is 14.9 Å². The Morgan fingerprint density at radius 1 is 1.42 bits per heavy atom. The second-order valence-electron chi connectivity index (χ2n) is 3.69. The van der Waals surface area contributed by atoms with Gasteiger partial charge in [-0.3, -0.25) is 0 Å². The molecule has 0 aliphatic heterocycles. The van der Waals surface area contributed by atoms with Crippen LogP contribution in [0.25, 0.3) is 0 Å². The van der Waals surface area contributed by atoms with E-state index in [1.54, 1.807) is 0 Å². The molecule has 2 aromatic rings. The molecule has 0 radical (unpaired) electrons. The number of rotatable bonds is 5. The molecule has 0 aliphatic carbocycles. The molecular weight excluding hydrogens is 275 g/mol. The first-order chi connectivity index (χ1) is 8.99. The van der Waals surface area contributed by atoms with E-state index in [-0.39, 0.29) is 18.7 Å². The van der Waals surface area contributed by atoms with Crippen molar-refractivity contribution in [3.8, 4) is 0 Å². The van der Waals surface area contributed by atoms with E-state index in [9.17, 15) is 12.8 Å². The number of sulfonamides is 1. The number of hydrogen-bond donors (Lipinski definition) is 2. The third-order valence-corrected chi connectivity index (χ3v) is 3.77. The predicted molar refractivity (Wildman–Crippen MR) is 64.0 cm³/mol. The number of nitrogen functional groups attached to an aromatic ring is 1. The van der Waals surface area contributed by atoms with Crippen LogP contribution in [0.4, 0.5) is 10.1 Å². The Morgan fingerprint density at radius 3 is 2.89 bits per heavy atom. The number of halogens is 1. The second kappa shape index (κ2) is 5.33. The van der Waals surface area contributed by atoms with Gasteiger partial charge in [0.15, 0.2) is 5.82 Å². The normalized spacial score (nSPS) is 11.6. The zero-order valence-electron chi connectivity index (χ0n) is 9.71. The van der Waals surface area contributed by atoms with Crippen LogP contribution in [0.1, 0.15) is 5.82 Å². The van der Waals surface area contributed by atoms with Crippen LogP contribution in [0, 0.1) is 5.82 Å². The largest absolute Gasteiger partial charge is 0.399 e. The van der Waals surface area contributed by atoms with Gasteiger partial charge in [0.05, 0.1) is 0 Å². The van der Waals surface area contributed by atoms with Crippen LogP contribution >= 0.6 is 0 Å². The number of benzene rings is 1. The van der Waals surface area contributed by atoms with Crippen molar-refractivity contribution in [3.05, 3.63) is 36.2 Å². The minimum absolute atomic E-state index is 0.0239. The topological polar surface area (TPSA) is 111 Å². The van der Waals surface area contributed by atoms with Crippen molar-refractivity contribution in [2.75, 3.05) is 12.3 Å². The monoisotopic (exact) mass is 286 g/mol. The van der Waals surface area contributed by atoms with Gasteiger partial charge in [-0.1, -0.05) is 5.16 Å². The standard InChI is InChI=1S/C10H11FN4O3S/c11-8-2-1-7(12)5-9(8)19(16,17)14-4-3-10-13-6-18-15-10/h1-2,5-6,14H,3-4,12H2. The molecule has 0 fully saturated rings. The van der Waals surface area contributed by atoms with E-state index in [1.807, 2.05) is 0 Å². The van der Waals surface area contributed by atoms with E-state index in [0.29, 0.717) is 5.82 Å². The maximum absolute atomic E-state index is 13.5. The molecule has 0 spiro atoms. The summed E-state index contributed by atoms with van der Waals surface area (Å²) in [7, 11) is -3.96. The van der Waals surface area contributed by atoms with Gasteiger partial charge in [0.1, 0.15) is 10.7 Å². The molecule has 0 aliphatic rings. The smallest absolute Gasteiger partial charge is 0.243 e. The van der Waals surface area contributed by atoms with Crippen LogP contribution in [0.5, 0.6) is 0 Å². The van der Waals surface area contributed by atoms with Gasteiger partial charge in [-0.25, -0.2) is 17.5 Å². The lowest BCUT2D eigenvalue weighted by molar-refractivity contribution is 0.409. The van der Waals surface area contributed by atoms with Gasteiger partial charge in [0.2, 0.25) is 16.4 Å². The van der Waals surface area contributed by atoms with E-state index >= 15 is 0 Å². The van der Waals surface area contributed by atoms with Crippen molar-refractivity contribution in [1.29, 1.82) is 0 Å². The number of hydrogen-bond acceptors (Lipinski definition) is 6. The Morgan fingerprint density at radius 2 is 2.21 bits per heavy atom. The maximum Gasteiger partial charge on any atom is 0.243 e. The lowest BCUT2D eigenvalue weighted by atomic mass is 10.3. The molecule has 1 aromatic heterocycles. The third kappa shape index (κ3) is 3.26. The molecule has 102 valence electrons. The van der Waals surface area contributed by atoms with Crippen LogP contribution in [0.3, 0.4) is 0 Å². The molecule has 7 nitrogen and oxygen atoms in total. The Balaban J connectivity index is 2.07. The fraction of sp³-hybridized carbons (Fsp3) is 0.200. The fourth-order valence-electron chi connectivity index (χ4n) is 1.40. The zero-order valence-corrected chi connectivity index (χ0v) is 10.5. The van der Waals surface area contributed by atoms with E-state index in [1.165, 1.54) is 6.07 Å². The first-order valence-corrected chi connectivity index (χ1v) is 6.77. The van der Waals surface area contributed by atoms with Crippen molar-refractivity contribution in [3.63, 3.8) is 0 Å². The molecule has 19 heavy (non-hydrogen) atoms. The SMILES string of the molecule is Nc1ccc(F)c(S(=O)(=O)NCCc2ncon2)c1. The summed E-state index contributed by atoms with van der Waals surface area (Å²) in [4.78, 5) is 3.25. The first-order valence-electron chi connectivity index (χ1n) is 5.29. The number of nitrogens with one attached hydrogen (secondary N) is 1. The molecule has 0 saturated carbocycles. The quantitative estimate of drug-likeness (QED) is 0.765. The third-order valence-electron chi connectivity index (χ3n) is 2.29. The summed E-state index contributed by atoms with van der Waals surface area (Å²) in [6.07, 6.45) is 1.38. The Labute approximate surface area is 108 Å². The van der Waals surface area contributed by atoms with E-state index in [2.05, 4.69) is 19.4 Å². The van der Waals surface area contributed by atoms with Gasteiger partial charge < -0.3 is 10.3 Å². The van der Waals surface area contributed by atoms with Crippen LogP contribution in [0.15, 0.2) is 34.0 Å². The zero-order chi connectivity index (χ0) is 13.9. The van der Waals surface area contributed by atoms with Gasteiger partial charge in [0.25, 0.3) is 0 Å². The summed E-state index contributed by atoms with van der Waals surface area (Å²) in [5.41, 5.74) is 5.61. The number of nitrogens with two attached hydrogens (primary N) is 1. The molecule has 9 heteroatoms. The molecule has 0 atom stereocenters. The van der Waals surface area contributed by atoms with Crippen LogP contribution in [-0.4, -0.2) is 25.1 Å². The first kappa shape index (κ1) is 13.4. The summed E-state index contributed by atoms with van der Waals surface area (Å²) in [5.74, 6) is -0.503. The Bertz CT molecular complexity index is 657. The maximum atomic E-state index is 13.5. The predicted octanol–water partition coefficient (Wildman–Crippen LogP) is 0.312. The van der Waals surface area contributed by atoms with Gasteiger partial charge in [0, 0.05) is 18.7 Å². The minimum Gasteiger partial charge on any atom is -0.399 e. The van der Waals surface area contributed by atoms with Crippen molar-refractivity contribution < 1.29 is 17.3 Å². The average Bonchev–Trinajstić information content (AvgIpc) is 2.85. The lowest BCUT2D eigenvalue weighted by Crippen LogP contribution is -2.27. The molecule has 0 saturated heterocycles. The number of nitrogens with zero attached hydrogens (tertiary/aromatic N) is 2. The Hall–Kier alpha value is -2.00. The highest BCUT2D eigenvalue weighted by atomic mass is 32.2. The summed E-state index contributed by atoms with van der Waals surface area (Å²) in [6.45, 7) is 0.0239. The van der Waals surface area contributed by atoms with Crippen molar-refractivity contribution >= 4 is 15.7 Å². The fourth-order valence-corrected chi connectivity index (χ4v) is 2.55. The molecule has 1 heterocycles. The van der Waals surface area contributed by atoms with E-state index in [0.717, 1.165) is 18.5 Å². The number of anilines is 1. The highest BCUT2D eigenvalue weighted by Crippen LogP contribution is 2.17. The summed E-state index contributed by atoms with van der Waals surface area (Å²) in [5, 5.41) is 3.53. The highest BCUT2D eigenvalue weighted by molar-refractivity contribution is 7.89. The molecule has 1 aromatic carbocycles. The second-order valence-corrected chi connectivity index (χ2v) is 5.42. The van der Waals surface area contributed by atoms with Crippen LogP contribution < -0.4 is 10.5 Å². The number of aromatic nitrogens is 2.